The average molecular weight is 425 g/mol. The van der Waals surface area contributed by atoms with Gasteiger partial charge in [0.15, 0.2) is 18.1 Å². The first-order valence-electron chi connectivity index (χ1n) is 10.5. The van der Waals surface area contributed by atoms with Crippen molar-refractivity contribution in [3.05, 3.63) is 54.1 Å². The Hall–Kier alpha value is -3.55. The van der Waals surface area contributed by atoms with Gasteiger partial charge in [0.05, 0.1) is 12.8 Å². The van der Waals surface area contributed by atoms with Gasteiger partial charge in [0, 0.05) is 18.8 Å². The van der Waals surface area contributed by atoms with E-state index in [4.69, 9.17) is 9.47 Å². The first-order chi connectivity index (χ1) is 15.2. The molecule has 0 unspecified atom stereocenters. The van der Waals surface area contributed by atoms with Gasteiger partial charge in [-0.15, -0.1) is 0 Å². The molecule has 1 fully saturated rings. The molecule has 0 saturated carbocycles. The topological polar surface area (TPSA) is 92.3 Å². The summed E-state index contributed by atoms with van der Waals surface area (Å²) < 4.78 is 11.4. The van der Waals surface area contributed by atoms with Crippen LogP contribution in [0.1, 0.15) is 31.7 Å². The van der Waals surface area contributed by atoms with Gasteiger partial charge in [-0.3, -0.25) is 4.79 Å². The molecule has 0 spiro atoms. The number of rotatable bonds is 8. The van der Waals surface area contributed by atoms with E-state index in [0.717, 1.165) is 31.5 Å². The van der Waals surface area contributed by atoms with Gasteiger partial charge in [-0.1, -0.05) is 18.2 Å². The Morgan fingerprint density at radius 3 is 2.55 bits per heavy atom. The zero-order chi connectivity index (χ0) is 21.9. The number of piperidine rings is 1. The molecule has 2 N–H and O–H groups in total. The molecule has 8 heteroatoms. The van der Waals surface area contributed by atoms with Gasteiger partial charge in [0.2, 0.25) is 0 Å². The Bertz CT molecular complexity index is 896. The predicted molar refractivity (Wildman–Crippen MR) is 120 cm³/mol. The number of carbonyl (C=O) groups is 2. The summed E-state index contributed by atoms with van der Waals surface area (Å²) in [6.45, 7) is 3.89. The maximum Gasteiger partial charge on any atom is 0.339 e. The predicted octanol–water partition coefficient (Wildman–Crippen LogP) is 3.63. The van der Waals surface area contributed by atoms with Crippen molar-refractivity contribution in [1.82, 2.24) is 10.3 Å². The van der Waals surface area contributed by atoms with Crippen molar-refractivity contribution in [1.29, 1.82) is 0 Å². The van der Waals surface area contributed by atoms with Crippen molar-refractivity contribution in [3.8, 4) is 11.5 Å². The number of anilines is 1. The first kappa shape index (κ1) is 22.1. The highest BCUT2D eigenvalue weighted by Crippen LogP contribution is 2.28. The second kappa shape index (κ2) is 11.6. The Morgan fingerprint density at radius 1 is 1.03 bits per heavy atom. The lowest BCUT2D eigenvalue weighted by Crippen LogP contribution is -2.38. The molecule has 1 heterocycles. The molecule has 0 aromatic heterocycles. The summed E-state index contributed by atoms with van der Waals surface area (Å²) in [5, 5.41) is 6.64. The summed E-state index contributed by atoms with van der Waals surface area (Å²) in [5.74, 6) is 1.01. The number of ether oxygens (including phenoxy) is 2. The summed E-state index contributed by atoms with van der Waals surface area (Å²) in [6.07, 6.45) is 4.77. The van der Waals surface area contributed by atoms with Crippen molar-refractivity contribution in [2.75, 3.05) is 31.6 Å². The lowest BCUT2D eigenvalue weighted by molar-refractivity contribution is -0.134. The van der Waals surface area contributed by atoms with Crippen molar-refractivity contribution < 1.29 is 19.1 Å². The second-order valence-corrected chi connectivity index (χ2v) is 7.06. The minimum absolute atomic E-state index is 0.0126. The van der Waals surface area contributed by atoms with E-state index in [1.54, 1.807) is 30.3 Å². The standard InChI is InChI=1S/C23H28N4O4/c1-2-30-21-15-18(16-24-26-23(29)25-19-9-5-3-6-10-19)11-12-20(21)31-17-22(28)27-13-7-4-8-14-27/h3,5-6,9-12,15-16H,2,4,7-8,13-14,17H2,1H3,(H2,25,26,29)/b24-16-. The minimum Gasteiger partial charge on any atom is -0.490 e. The smallest absolute Gasteiger partial charge is 0.339 e. The SMILES string of the molecule is CCOc1cc(/C=N\NC(=O)Nc2ccccc2)ccc1OCC(=O)N1CCCCC1. The summed E-state index contributed by atoms with van der Waals surface area (Å²) in [4.78, 5) is 26.1. The molecule has 3 amide bonds. The van der Waals surface area contributed by atoms with Gasteiger partial charge < -0.3 is 19.7 Å². The largest absolute Gasteiger partial charge is 0.490 e. The molecule has 31 heavy (non-hydrogen) atoms. The molecule has 8 nitrogen and oxygen atoms in total. The summed E-state index contributed by atoms with van der Waals surface area (Å²) in [6, 6.07) is 13.9. The quantitative estimate of drug-likeness (QED) is 0.500. The van der Waals surface area contributed by atoms with Gasteiger partial charge in [-0.05, 0) is 62.1 Å². The van der Waals surface area contributed by atoms with Crippen LogP contribution in [0.5, 0.6) is 11.5 Å². The molecular formula is C23H28N4O4. The Balaban J connectivity index is 1.55. The van der Waals surface area contributed by atoms with Crippen molar-refractivity contribution in [2.24, 2.45) is 5.10 Å². The zero-order valence-electron chi connectivity index (χ0n) is 17.7. The van der Waals surface area contributed by atoms with E-state index < -0.39 is 6.03 Å². The highest BCUT2D eigenvalue weighted by molar-refractivity contribution is 5.90. The average Bonchev–Trinajstić information content (AvgIpc) is 2.80. The molecule has 0 atom stereocenters. The number of benzene rings is 2. The lowest BCUT2D eigenvalue weighted by Gasteiger charge is -2.26. The molecule has 1 saturated heterocycles. The van der Waals surface area contributed by atoms with Crippen LogP contribution in [0.3, 0.4) is 0 Å². The third kappa shape index (κ3) is 7.02. The molecule has 1 aliphatic heterocycles. The second-order valence-electron chi connectivity index (χ2n) is 7.06. The van der Waals surface area contributed by atoms with E-state index >= 15 is 0 Å². The van der Waals surface area contributed by atoms with Gasteiger partial charge in [0.25, 0.3) is 5.91 Å². The van der Waals surface area contributed by atoms with E-state index in [-0.39, 0.29) is 12.5 Å². The minimum atomic E-state index is -0.441. The van der Waals surface area contributed by atoms with Crippen molar-refractivity contribution >= 4 is 23.8 Å². The van der Waals surface area contributed by atoms with Crippen LogP contribution in [0, 0.1) is 0 Å². The zero-order valence-corrected chi connectivity index (χ0v) is 17.7. The van der Waals surface area contributed by atoms with Crippen LogP contribution in [0.2, 0.25) is 0 Å². The number of hydrogen-bond acceptors (Lipinski definition) is 5. The summed E-state index contributed by atoms with van der Waals surface area (Å²) in [7, 11) is 0. The Kier molecular flexibility index (Phi) is 8.28. The van der Waals surface area contributed by atoms with Crippen LogP contribution in [0.15, 0.2) is 53.6 Å². The van der Waals surface area contributed by atoms with E-state index in [0.29, 0.717) is 23.8 Å². The normalized spacial score (nSPS) is 13.6. The molecular weight excluding hydrogens is 396 g/mol. The molecule has 0 radical (unpaired) electrons. The Morgan fingerprint density at radius 2 is 1.81 bits per heavy atom. The van der Waals surface area contributed by atoms with Gasteiger partial charge in [-0.25, -0.2) is 10.2 Å². The molecule has 1 aliphatic rings. The first-order valence-corrected chi connectivity index (χ1v) is 10.5. The third-order valence-corrected chi connectivity index (χ3v) is 4.74. The van der Waals surface area contributed by atoms with Crippen LogP contribution in [0.4, 0.5) is 10.5 Å². The highest BCUT2D eigenvalue weighted by Gasteiger charge is 2.17. The number of hydrazone groups is 1. The van der Waals surface area contributed by atoms with Crippen LogP contribution in [-0.2, 0) is 4.79 Å². The monoisotopic (exact) mass is 424 g/mol. The maximum atomic E-state index is 12.3. The molecule has 164 valence electrons. The lowest BCUT2D eigenvalue weighted by atomic mass is 10.1. The summed E-state index contributed by atoms with van der Waals surface area (Å²) >= 11 is 0. The fourth-order valence-corrected chi connectivity index (χ4v) is 3.21. The van der Waals surface area contributed by atoms with Crippen LogP contribution >= 0.6 is 0 Å². The van der Waals surface area contributed by atoms with E-state index in [1.807, 2.05) is 30.0 Å². The maximum absolute atomic E-state index is 12.3. The number of para-hydroxylation sites is 1. The van der Waals surface area contributed by atoms with E-state index in [2.05, 4.69) is 15.8 Å². The fraction of sp³-hybridized carbons (Fsp3) is 0.348. The van der Waals surface area contributed by atoms with E-state index in [1.165, 1.54) is 12.6 Å². The van der Waals surface area contributed by atoms with Crippen molar-refractivity contribution in [2.45, 2.75) is 26.2 Å². The number of carbonyl (C=O) groups excluding carboxylic acids is 2. The van der Waals surface area contributed by atoms with Crippen LogP contribution < -0.4 is 20.2 Å². The van der Waals surface area contributed by atoms with E-state index in [9.17, 15) is 9.59 Å². The Labute approximate surface area is 182 Å². The van der Waals surface area contributed by atoms with Gasteiger partial charge in [0.1, 0.15) is 0 Å². The molecule has 0 bridgehead atoms. The number of urea groups is 1. The summed E-state index contributed by atoms with van der Waals surface area (Å²) in [5.41, 5.74) is 3.82. The number of hydrogen-bond donors (Lipinski definition) is 2. The number of likely N-dealkylation sites (tertiary alicyclic amines) is 1. The fourth-order valence-electron chi connectivity index (χ4n) is 3.21. The highest BCUT2D eigenvalue weighted by atomic mass is 16.5. The van der Waals surface area contributed by atoms with Crippen LogP contribution in [-0.4, -0.2) is 49.4 Å². The molecule has 2 aromatic rings. The molecule has 3 rings (SSSR count). The number of amides is 3. The molecule has 0 aliphatic carbocycles. The number of nitrogens with one attached hydrogen (secondary N) is 2. The van der Waals surface area contributed by atoms with Crippen molar-refractivity contribution in [3.63, 3.8) is 0 Å². The third-order valence-electron chi connectivity index (χ3n) is 4.74. The van der Waals surface area contributed by atoms with Crippen LogP contribution in [0.25, 0.3) is 0 Å². The van der Waals surface area contributed by atoms with Gasteiger partial charge >= 0.3 is 6.03 Å². The molecule has 2 aromatic carbocycles. The van der Waals surface area contributed by atoms with Gasteiger partial charge in [-0.2, -0.15) is 5.10 Å². The number of nitrogens with zero attached hydrogens (tertiary/aromatic N) is 2.